The van der Waals surface area contributed by atoms with E-state index in [2.05, 4.69) is 21.2 Å². The van der Waals surface area contributed by atoms with Gasteiger partial charge in [-0.2, -0.15) is 12.7 Å². The highest BCUT2D eigenvalue weighted by Gasteiger charge is 2.33. The van der Waals surface area contributed by atoms with Crippen LogP contribution in [0.15, 0.2) is 53.0 Å². The van der Waals surface area contributed by atoms with E-state index in [1.54, 1.807) is 38.1 Å². The number of rotatable bonds is 10. The molecule has 0 heterocycles. The molecule has 0 saturated carbocycles. The van der Waals surface area contributed by atoms with Gasteiger partial charge in [-0.1, -0.05) is 40.2 Å². The Balaban J connectivity index is 2.45. The summed E-state index contributed by atoms with van der Waals surface area (Å²) in [5.74, 6) is -1.81. The van der Waals surface area contributed by atoms with Gasteiger partial charge in [0.05, 0.1) is 5.69 Å². The molecule has 0 spiro atoms. The average Bonchev–Trinajstić information content (AvgIpc) is 2.77. The van der Waals surface area contributed by atoms with E-state index in [9.17, 15) is 22.4 Å². The van der Waals surface area contributed by atoms with Crippen molar-refractivity contribution < 1.29 is 22.4 Å². The normalized spacial score (nSPS) is 12.3. The van der Waals surface area contributed by atoms with E-state index >= 15 is 0 Å². The van der Waals surface area contributed by atoms with Crippen LogP contribution in [0.2, 0.25) is 0 Å². The molecule has 0 aliphatic rings. The Morgan fingerprint density at radius 3 is 2.24 bits per heavy atom. The van der Waals surface area contributed by atoms with Crippen molar-refractivity contribution in [3.05, 3.63) is 64.4 Å². The van der Waals surface area contributed by atoms with Gasteiger partial charge in [-0.3, -0.25) is 9.59 Å². The predicted octanol–water partition coefficient (Wildman–Crippen LogP) is 2.75. The molecule has 0 unspecified atom stereocenters. The highest BCUT2D eigenvalue weighted by Crippen LogP contribution is 2.24. The van der Waals surface area contributed by atoms with Crippen molar-refractivity contribution in [3.8, 4) is 0 Å². The number of para-hydroxylation sites is 1. The molecule has 180 valence electrons. The number of nitrogens with one attached hydrogen (secondary N) is 1. The molecule has 2 aromatic rings. The number of hydrogen-bond acceptors (Lipinski definition) is 4. The van der Waals surface area contributed by atoms with Crippen LogP contribution in [0.4, 0.5) is 10.1 Å². The maximum Gasteiger partial charge on any atom is 0.304 e. The first-order chi connectivity index (χ1) is 15.5. The van der Waals surface area contributed by atoms with Crippen molar-refractivity contribution in [2.45, 2.75) is 26.4 Å². The highest BCUT2D eigenvalue weighted by molar-refractivity contribution is 9.10. The Labute approximate surface area is 202 Å². The lowest BCUT2D eigenvalue weighted by atomic mass is 10.1. The summed E-state index contributed by atoms with van der Waals surface area (Å²) in [6.45, 7) is 3.09. The smallest absolute Gasteiger partial charge is 0.304 e. The van der Waals surface area contributed by atoms with Crippen LogP contribution < -0.4 is 9.62 Å². The second-order valence-corrected chi connectivity index (χ2v) is 10.4. The third-order valence-corrected chi connectivity index (χ3v) is 7.26. The number of carbonyl (C=O) groups is 2. The Morgan fingerprint density at radius 2 is 1.70 bits per heavy atom. The molecular weight excluding hydrogens is 515 g/mol. The summed E-state index contributed by atoms with van der Waals surface area (Å²) in [5.41, 5.74) is 0.490. The number of benzene rings is 2. The van der Waals surface area contributed by atoms with Gasteiger partial charge in [-0.05, 0) is 43.7 Å². The first-order valence-corrected chi connectivity index (χ1v) is 12.4. The number of carbonyl (C=O) groups excluding carboxylic acids is 2. The van der Waals surface area contributed by atoms with Gasteiger partial charge in [0.1, 0.15) is 18.4 Å². The van der Waals surface area contributed by atoms with Crippen LogP contribution in [-0.4, -0.2) is 62.7 Å². The zero-order chi connectivity index (χ0) is 24.8. The number of anilines is 1. The lowest BCUT2D eigenvalue weighted by Gasteiger charge is -2.32. The van der Waals surface area contributed by atoms with E-state index in [1.807, 2.05) is 0 Å². The fraction of sp³-hybridized carbons (Fsp3) is 0.364. The monoisotopic (exact) mass is 542 g/mol. The van der Waals surface area contributed by atoms with Gasteiger partial charge in [0.2, 0.25) is 11.8 Å². The SMILES string of the molecule is CCNC(=O)[C@H](C)N(Cc1ccc(Br)cc1)C(=O)CN(c1ccccc1F)S(=O)(=O)N(C)C. The molecule has 1 atom stereocenters. The molecular formula is C22H28BrFN4O4S. The van der Waals surface area contributed by atoms with Crippen LogP contribution >= 0.6 is 15.9 Å². The minimum absolute atomic E-state index is 0.0670. The highest BCUT2D eigenvalue weighted by atomic mass is 79.9. The average molecular weight is 543 g/mol. The van der Waals surface area contributed by atoms with Crippen molar-refractivity contribution in [3.63, 3.8) is 0 Å². The van der Waals surface area contributed by atoms with E-state index in [4.69, 9.17) is 0 Å². The Hall–Kier alpha value is -2.50. The second-order valence-electron chi connectivity index (χ2n) is 7.47. The van der Waals surface area contributed by atoms with Gasteiger partial charge in [-0.25, -0.2) is 8.70 Å². The first-order valence-electron chi connectivity index (χ1n) is 10.2. The first kappa shape index (κ1) is 26.7. The van der Waals surface area contributed by atoms with Gasteiger partial charge in [0, 0.05) is 31.7 Å². The molecule has 0 aromatic heterocycles. The molecule has 0 radical (unpaired) electrons. The van der Waals surface area contributed by atoms with Crippen LogP contribution in [0, 0.1) is 5.82 Å². The largest absolute Gasteiger partial charge is 0.355 e. The van der Waals surface area contributed by atoms with E-state index in [0.29, 0.717) is 10.8 Å². The number of halogens is 2. The van der Waals surface area contributed by atoms with Crippen LogP contribution in [-0.2, 0) is 26.3 Å². The third-order valence-electron chi connectivity index (χ3n) is 4.92. The van der Waals surface area contributed by atoms with E-state index in [-0.39, 0.29) is 18.1 Å². The van der Waals surface area contributed by atoms with E-state index in [1.165, 1.54) is 37.2 Å². The molecule has 2 rings (SSSR count). The molecule has 11 heteroatoms. The summed E-state index contributed by atoms with van der Waals surface area (Å²) in [5, 5.41) is 2.68. The van der Waals surface area contributed by atoms with Gasteiger partial charge in [-0.15, -0.1) is 0 Å². The lowest BCUT2D eigenvalue weighted by molar-refractivity contribution is -0.139. The van der Waals surface area contributed by atoms with Crippen molar-refractivity contribution in [1.29, 1.82) is 0 Å². The van der Waals surface area contributed by atoms with Crippen LogP contribution in [0.5, 0.6) is 0 Å². The lowest BCUT2D eigenvalue weighted by Crippen LogP contribution is -2.52. The predicted molar refractivity (Wildman–Crippen MR) is 129 cm³/mol. The van der Waals surface area contributed by atoms with Gasteiger partial charge in [0.15, 0.2) is 0 Å². The van der Waals surface area contributed by atoms with Crippen molar-refractivity contribution >= 4 is 43.6 Å². The van der Waals surface area contributed by atoms with Gasteiger partial charge < -0.3 is 10.2 Å². The Kier molecular flexibility index (Phi) is 9.38. The molecule has 0 aliphatic carbocycles. The molecule has 0 fully saturated rings. The molecule has 0 aliphatic heterocycles. The molecule has 1 N–H and O–H groups in total. The fourth-order valence-electron chi connectivity index (χ4n) is 3.05. The molecule has 8 nitrogen and oxygen atoms in total. The topological polar surface area (TPSA) is 90.0 Å². The maximum absolute atomic E-state index is 14.5. The molecule has 0 saturated heterocycles. The summed E-state index contributed by atoms with van der Waals surface area (Å²) in [7, 11) is -1.61. The number of amides is 2. The van der Waals surface area contributed by atoms with Crippen LogP contribution in [0.1, 0.15) is 19.4 Å². The minimum atomic E-state index is -4.21. The zero-order valence-corrected chi connectivity index (χ0v) is 21.4. The molecule has 2 aromatic carbocycles. The molecule has 0 bridgehead atoms. The number of nitrogens with zero attached hydrogens (tertiary/aromatic N) is 3. The summed E-state index contributed by atoms with van der Waals surface area (Å²) in [6.07, 6.45) is 0. The standard InChI is InChI=1S/C22H28BrFN4O4S/c1-5-25-22(30)16(2)27(14-17-10-12-18(23)13-11-17)21(29)15-28(33(31,32)26(3)4)20-9-7-6-8-19(20)24/h6-13,16H,5,14-15H2,1-4H3,(H,25,30)/t16-/m0/s1. The van der Waals surface area contributed by atoms with Crippen molar-refractivity contribution in [2.75, 3.05) is 31.5 Å². The maximum atomic E-state index is 14.5. The fourth-order valence-corrected chi connectivity index (χ4v) is 4.38. The second kappa shape index (κ2) is 11.6. The number of hydrogen-bond donors (Lipinski definition) is 1. The quantitative estimate of drug-likeness (QED) is 0.499. The Bertz CT molecular complexity index is 1080. The third kappa shape index (κ3) is 6.75. The minimum Gasteiger partial charge on any atom is -0.355 e. The summed E-state index contributed by atoms with van der Waals surface area (Å²) in [6, 6.07) is 11.6. The number of likely N-dealkylation sites (N-methyl/N-ethyl adjacent to an activating group) is 1. The Morgan fingerprint density at radius 1 is 1.09 bits per heavy atom. The van der Waals surface area contributed by atoms with Crippen LogP contribution in [0.3, 0.4) is 0 Å². The van der Waals surface area contributed by atoms with Gasteiger partial charge in [0.25, 0.3) is 0 Å². The summed E-state index contributed by atoms with van der Waals surface area (Å²) >= 11 is 3.36. The van der Waals surface area contributed by atoms with E-state index in [0.717, 1.165) is 20.4 Å². The van der Waals surface area contributed by atoms with Crippen molar-refractivity contribution in [2.24, 2.45) is 0 Å². The molecule has 33 heavy (non-hydrogen) atoms. The zero-order valence-electron chi connectivity index (χ0n) is 19.0. The molecule has 2 amide bonds. The van der Waals surface area contributed by atoms with Gasteiger partial charge >= 0.3 is 10.2 Å². The van der Waals surface area contributed by atoms with E-state index < -0.39 is 34.5 Å². The van der Waals surface area contributed by atoms with Crippen LogP contribution in [0.25, 0.3) is 0 Å². The summed E-state index contributed by atoms with van der Waals surface area (Å²) in [4.78, 5) is 27.2. The summed E-state index contributed by atoms with van der Waals surface area (Å²) < 4.78 is 42.9. The van der Waals surface area contributed by atoms with Crippen molar-refractivity contribution in [1.82, 2.24) is 14.5 Å².